The Bertz CT molecular complexity index is 1340. The Labute approximate surface area is 179 Å². The smallest absolute Gasteiger partial charge is 0.258 e. The Hall–Kier alpha value is -4.05. The van der Waals surface area contributed by atoms with Crippen LogP contribution in [0.25, 0.3) is 33.2 Å². The number of ether oxygens (including phenoxy) is 1. The fourth-order valence-electron chi connectivity index (χ4n) is 4.18. The van der Waals surface area contributed by atoms with E-state index in [1.54, 1.807) is 23.0 Å². The number of amides is 1. The number of methoxy groups -OCH3 is 1. The summed E-state index contributed by atoms with van der Waals surface area (Å²) in [5.41, 5.74) is 6.19. The molecular weight excluding hydrogens is 392 g/mol. The van der Waals surface area contributed by atoms with E-state index < -0.39 is 0 Å². The van der Waals surface area contributed by atoms with E-state index in [1.165, 1.54) is 0 Å². The molecule has 0 spiro atoms. The van der Waals surface area contributed by atoms with E-state index in [-0.39, 0.29) is 12.5 Å². The molecule has 7 nitrogen and oxygen atoms in total. The van der Waals surface area contributed by atoms with Crippen LogP contribution in [0.2, 0.25) is 0 Å². The summed E-state index contributed by atoms with van der Waals surface area (Å²) in [5, 5.41) is 14.2. The van der Waals surface area contributed by atoms with Crippen molar-refractivity contribution in [2.24, 2.45) is 7.05 Å². The maximum atomic E-state index is 12.8. The van der Waals surface area contributed by atoms with E-state index in [4.69, 9.17) is 14.4 Å². The number of benzene rings is 2. The normalized spacial score (nSPS) is 13.3. The fourth-order valence-corrected chi connectivity index (χ4v) is 4.18. The third-order valence-electron chi connectivity index (χ3n) is 5.74. The fraction of sp³-hybridized carbons (Fsp3) is 0.208. The predicted octanol–water partition coefficient (Wildman–Crippen LogP) is 4.03. The monoisotopic (exact) mass is 412 g/mol. The molecule has 0 unspecified atom stereocenters. The van der Waals surface area contributed by atoms with Crippen LogP contribution >= 0.6 is 0 Å². The number of hydrogen-bond donors (Lipinski definition) is 0. The molecule has 2 aromatic heterocycles. The Morgan fingerprint density at radius 3 is 2.84 bits per heavy atom. The summed E-state index contributed by atoms with van der Waals surface area (Å²) in [6.07, 6.45) is 6.21. The van der Waals surface area contributed by atoms with Crippen molar-refractivity contribution in [3.8, 4) is 34.1 Å². The number of carbonyl (C=O) groups is 1. The molecule has 1 amide bonds. The van der Waals surface area contributed by atoms with Gasteiger partial charge in [-0.1, -0.05) is 6.07 Å². The van der Waals surface area contributed by atoms with Crippen LogP contribution in [0, 0.1) is 11.3 Å². The summed E-state index contributed by atoms with van der Waals surface area (Å²) in [5.74, 6) is 0.353. The third-order valence-corrected chi connectivity index (χ3v) is 5.74. The van der Waals surface area contributed by atoms with Crippen molar-refractivity contribution in [3.05, 3.63) is 60.1 Å². The van der Waals surface area contributed by atoms with Crippen molar-refractivity contribution < 1.29 is 13.9 Å². The lowest BCUT2D eigenvalue weighted by Crippen LogP contribution is -2.38. The zero-order valence-corrected chi connectivity index (χ0v) is 17.3. The molecule has 7 heteroatoms. The topological polar surface area (TPSA) is 84.3 Å². The van der Waals surface area contributed by atoms with E-state index in [9.17, 15) is 4.79 Å². The van der Waals surface area contributed by atoms with Gasteiger partial charge in [0.1, 0.15) is 17.9 Å². The minimum atomic E-state index is -0.163. The Morgan fingerprint density at radius 2 is 2.10 bits per heavy atom. The van der Waals surface area contributed by atoms with Crippen LogP contribution in [0.1, 0.15) is 15.9 Å². The number of fused-ring (bicyclic) bond motifs is 2. The molecule has 154 valence electrons. The molecule has 0 saturated carbocycles. The minimum Gasteiger partial charge on any atom is -0.496 e. The largest absolute Gasteiger partial charge is 0.496 e. The second-order valence-electron chi connectivity index (χ2n) is 7.61. The third kappa shape index (κ3) is 3.13. The van der Waals surface area contributed by atoms with Gasteiger partial charge in [-0.25, -0.2) is 0 Å². The Morgan fingerprint density at radius 1 is 1.23 bits per heavy atom. The van der Waals surface area contributed by atoms with Gasteiger partial charge >= 0.3 is 0 Å². The number of furan rings is 1. The van der Waals surface area contributed by atoms with Gasteiger partial charge in [-0.3, -0.25) is 9.48 Å². The summed E-state index contributed by atoms with van der Waals surface area (Å²) in [6.45, 7) is 0.599. The molecule has 4 aromatic rings. The van der Waals surface area contributed by atoms with Crippen LogP contribution in [-0.2, 0) is 13.5 Å². The number of carbonyl (C=O) groups excluding carboxylic acids is 1. The predicted molar refractivity (Wildman–Crippen MR) is 116 cm³/mol. The molecule has 0 fully saturated rings. The maximum Gasteiger partial charge on any atom is 0.258 e. The van der Waals surface area contributed by atoms with E-state index >= 15 is 0 Å². The molecule has 0 bridgehead atoms. The second-order valence-corrected chi connectivity index (χ2v) is 7.61. The highest BCUT2D eigenvalue weighted by Gasteiger charge is 2.28. The molecule has 3 heterocycles. The number of nitriles is 1. The van der Waals surface area contributed by atoms with Gasteiger partial charge in [-0.15, -0.1) is 0 Å². The lowest BCUT2D eigenvalue weighted by molar-refractivity contribution is 0.0757. The first-order chi connectivity index (χ1) is 15.1. The van der Waals surface area contributed by atoms with Crippen molar-refractivity contribution in [3.63, 3.8) is 0 Å². The Kier molecular flexibility index (Phi) is 4.48. The quantitative estimate of drug-likeness (QED) is 0.473. The molecule has 1 aliphatic heterocycles. The molecular formula is C24H20N4O3. The van der Waals surface area contributed by atoms with Crippen LogP contribution in [0.4, 0.5) is 0 Å². The lowest BCUT2D eigenvalue weighted by atomic mass is 9.92. The highest BCUT2D eigenvalue weighted by molar-refractivity contribution is 6.02. The molecule has 5 rings (SSSR count). The highest BCUT2D eigenvalue weighted by atomic mass is 16.5. The summed E-state index contributed by atoms with van der Waals surface area (Å²) < 4.78 is 13.2. The van der Waals surface area contributed by atoms with Gasteiger partial charge in [0, 0.05) is 36.3 Å². The first-order valence-electron chi connectivity index (χ1n) is 9.97. The van der Waals surface area contributed by atoms with Crippen molar-refractivity contribution in [2.75, 3.05) is 20.2 Å². The van der Waals surface area contributed by atoms with Gasteiger partial charge in [0.25, 0.3) is 5.91 Å². The van der Waals surface area contributed by atoms with E-state index in [0.717, 1.165) is 38.8 Å². The van der Waals surface area contributed by atoms with Gasteiger partial charge in [0.2, 0.25) is 0 Å². The van der Waals surface area contributed by atoms with Gasteiger partial charge in [-0.05, 0) is 47.4 Å². The molecule has 0 saturated heterocycles. The molecule has 0 radical (unpaired) electrons. The van der Waals surface area contributed by atoms with Gasteiger partial charge < -0.3 is 14.1 Å². The van der Waals surface area contributed by atoms with Gasteiger partial charge in [0.05, 0.1) is 31.2 Å². The number of rotatable bonds is 4. The zero-order chi connectivity index (χ0) is 21.5. The molecule has 2 aromatic carbocycles. The molecule has 1 aliphatic rings. The SMILES string of the molecule is COc1cc(-c2coc3cc(-c4cnn(C)c4)ccc23)cc2c1C(=O)N(CC#N)CC2. The summed E-state index contributed by atoms with van der Waals surface area (Å²) >= 11 is 0. The second kappa shape index (κ2) is 7.33. The van der Waals surface area contributed by atoms with E-state index in [0.29, 0.717) is 24.3 Å². The first kappa shape index (κ1) is 18.9. The zero-order valence-electron chi connectivity index (χ0n) is 17.3. The first-order valence-corrected chi connectivity index (χ1v) is 9.97. The standard InChI is InChI=1S/C24H20N4O3/c1-27-13-18(12-26-27)15-3-4-19-20(14-31-21(19)10-15)17-9-16-5-7-28(8-6-25)24(29)23(16)22(11-17)30-2/h3-4,9-14H,5,7-8H2,1-2H3. The number of aryl methyl sites for hydroxylation is 1. The minimum absolute atomic E-state index is 0.0782. The van der Waals surface area contributed by atoms with Crippen molar-refractivity contribution in [1.82, 2.24) is 14.7 Å². The van der Waals surface area contributed by atoms with Crippen LogP contribution in [0.5, 0.6) is 5.75 Å². The summed E-state index contributed by atoms with van der Waals surface area (Å²) in [6, 6.07) is 12.1. The summed E-state index contributed by atoms with van der Waals surface area (Å²) in [4.78, 5) is 14.4. The van der Waals surface area contributed by atoms with Gasteiger partial charge in [-0.2, -0.15) is 10.4 Å². The van der Waals surface area contributed by atoms with Crippen molar-refractivity contribution in [2.45, 2.75) is 6.42 Å². The van der Waals surface area contributed by atoms with E-state index in [1.807, 2.05) is 43.7 Å². The average Bonchev–Trinajstić information content (AvgIpc) is 3.40. The molecule has 0 aliphatic carbocycles. The number of aromatic nitrogens is 2. The highest BCUT2D eigenvalue weighted by Crippen LogP contribution is 2.38. The lowest BCUT2D eigenvalue weighted by Gasteiger charge is -2.28. The number of nitrogens with zero attached hydrogens (tertiary/aromatic N) is 4. The van der Waals surface area contributed by atoms with Crippen molar-refractivity contribution >= 4 is 16.9 Å². The number of hydrogen-bond acceptors (Lipinski definition) is 5. The maximum absolute atomic E-state index is 12.8. The van der Waals surface area contributed by atoms with Crippen molar-refractivity contribution in [1.29, 1.82) is 5.26 Å². The van der Waals surface area contributed by atoms with Crippen LogP contribution < -0.4 is 4.74 Å². The molecule has 0 atom stereocenters. The van der Waals surface area contributed by atoms with Crippen LogP contribution in [0.15, 0.2) is 53.4 Å². The van der Waals surface area contributed by atoms with E-state index in [2.05, 4.69) is 17.2 Å². The van der Waals surface area contributed by atoms with Crippen LogP contribution in [-0.4, -0.2) is 40.8 Å². The Balaban J connectivity index is 1.58. The molecule has 31 heavy (non-hydrogen) atoms. The average molecular weight is 412 g/mol. The van der Waals surface area contributed by atoms with Crippen LogP contribution in [0.3, 0.4) is 0 Å². The molecule has 0 N–H and O–H groups in total. The van der Waals surface area contributed by atoms with Gasteiger partial charge in [0.15, 0.2) is 0 Å². The summed E-state index contributed by atoms with van der Waals surface area (Å²) in [7, 11) is 3.45.